The molecule has 2 aromatic heterocycles. The van der Waals surface area contributed by atoms with Gasteiger partial charge >= 0.3 is 6.18 Å². The van der Waals surface area contributed by atoms with E-state index in [4.69, 9.17) is 0 Å². The number of thiazole rings is 1. The number of halogens is 4. The highest BCUT2D eigenvalue weighted by atomic mass is 32.1. The number of benzene rings is 1. The molecule has 0 saturated heterocycles. The Hall–Kier alpha value is -3.01. The third kappa shape index (κ3) is 4.59. The normalized spacial score (nSPS) is 11.3. The lowest BCUT2D eigenvalue weighted by atomic mass is 10.2. The van der Waals surface area contributed by atoms with E-state index in [1.165, 1.54) is 5.38 Å². The predicted molar refractivity (Wildman–Crippen MR) is 93.7 cm³/mol. The summed E-state index contributed by atoms with van der Waals surface area (Å²) in [5.41, 5.74) is -0.831. The first-order valence-corrected chi connectivity index (χ1v) is 8.44. The molecule has 0 aliphatic rings. The van der Waals surface area contributed by atoms with Crippen LogP contribution in [0.5, 0.6) is 0 Å². The van der Waals surface area contributed by atoms with Gasteiger partial charge in [-0.25, -0.2) is 14.4 Å². The minimum atomic E-state index is -4.86. The monoisotopic (exact) mass is 396 g/mol. The maximum Gasteiger partial charge on any atom is 0.419 e. The highest BCUT2D eigenvalue weighted by molar-refractivity contribution is 7.14. The lowest BCUT2D eigenvalue weighted by Gasteiger charge is -2.10. The Morgan fingerprint density at radius 2 is 1.93 bits per heavy atom. The van der Waals surface area contributed by atoms with Gasteiger partial charge in [0.1, 0.15) is 17.3 Å². The van der Waals surface area contributed by atoms with Crippen LogP contribution in [0.25, 0.3) is 0 Å². The van der Waals surface area contributed by atoms with Crippen molar-refractivity contribution in [3.05, 3.63) is 64.5 Å². The van der Waals surface area contributed by atoms with Crippen molar-refractivity contribution in [2.45, 2.75) is 13.1 Å². The van der Waals surface area contributed by atoms with E-state index in [0.29, 0.717) is 23.1 Å². The summed E-state index contributed by atoms with van der Waals surface area (Å²) < 4.78 is 51.6. The summed E-state index contributed by atoms with van der Waals surface area (Å²) in [7, 11) is 0. The zero-order chi connectivity index (χ0) is 19.6. The molecule has 27 heavy (non-hydrogen) atoms. The van der Waals surface area contributed by atoms with Gasteiger partial charge < -0.3 is 10.6 Å². The number of carbonyl (C=O) groups excluding carboxylic acids is 1. The average Bonchev–Trinajstić information content (AvgIpc) is 3.04. The number of anilines is 3. The molecule has 0 bridgehead atoms. The van der Waals surface area contributed by atoms with Crippen LogP contribution in [-0.2, 0) is 6.18 Å². The van der Waals surface area contributed by atoms with Crippen LogP contribution < -0.4 is 10.6 Å². The maximum atomic E-state index is 13.3. The summed E-state index contributed by atoms with van der Waals surface area (Å²) in [6, 6.07) is 7.59. The standard InChI is InChI=1S/C17H12F4N4OS/c1-9-3-2-4-14(22-9)25-16-24-13(8-27-16)15(26)23-10-5-6-12(18)11(7-10)17(19,20)21/h2-8H,1H3,(H,23,26)(H,22,24,25). The molecule has 10 heteroatoms. The fourth-order valence-electron chi connectivity index (χ4n) is 2.17. The number of hydrogen-bond donors (Lipinski definition) is 2. The Balaban J connectivity index is 1.73. The Morgan fingerprint density at radius 1 is 1.15 bits per heavy atom. The van der Waals surface area contributed by atoms with Gasteiger partial charge in [0.25, 0.3) is 5.91 Å². The molecule has 0 radical (unpaired) electrons. The first-order valence-electron chi connectivity index (χ1n) is 7.57. The molecule has 0 saturated carbocycles. The number of amides is 1. The minimum absolute atomic E-state index is 0.00744. The quantitative estimate of drug-likeness (QED) is 0.609. The number of aromatic nitrogens is 2. The fraction of sp³-hybridized carbons (Fsp3) is 0.118. The average molecular weight is 396 g/mol. The van der Waals surface area contributed by atoms with Gasteiger partial charge in [0.2, 0.25) is 0 Å². The van der Waals surface area contributed by atoms with E-state index in [1.807, 2.05) is 13.0 Å². The molecule has 5 nitrogen and oxygen atoms in total. The third-order valence-corrected chi connectivity index (χ3v) is 4.15. The molecule has 1 amide bonds. The summed E-state index contributed by atoms with van der Waals surface area (Å²) in [5.74, 6) is -1.58. The van der Waals surface area contributed by atoms with Gasteiger partial charge in [-0.05, 0) is 37.3 Å². The van der Waals surface area contributed by atoms with E-state index in [1.54, 1.807) is 12.1 Å². The second kappa shape index (κ2) is 7.31. The SMILES string of the molecule is Cc1cccc(Nc2nc(C(=O)Nc3ccc(F)c(C(F)(F)F)c3)cs2)n1. The van der Waals surface area contributed by atoms with Crippen molar-refractivity contribution in [2.24, 2.45) is 0 Å². The van der Waals surface area contributed by atoms with E-state index < -0.39 is 23.5 Å². The summed E-state index contributed by atoms with van der Waals surface area (Å²) in [4.78, 5) is 20.5. The largest absolute Gasteiger partial charge is 0.419 e. The van der Waals surface area contributed by atoms with Crippen LogP contribution in [-0.4, -0.2) is 15.9 Å². The molecule has 0 aliphatic carbocycles. The Bertz CT molecular complexity index is 987. The second-order valence-corrected chi connectivity index (χ2v) is 6.33. The first-order chi connectivity index (χ1) is 12.7. The van der Waals surface area contributed by atoms with E-state index in [-0.39, 0.29) is 11.4 Å². The van der Waals surface area contributed by atoms with Crippen molar-refractivity contribution in [1.29, 1.82) is 0 Å². The number of hydrogen-bond acceptors (Lipinski definition) is 5. The van der Waals surface area contributed by atoms with E-state index in [2.05, 4.69) is 20.6 Å². The van der Waals surface area contributed by atoms with Gasteiger partial charge in [-0.15, -0.1) is 11.3 Å². The van der Waals surface area contributed by atoms with Gasteiger partial charge in [-0.1, -0.05) is 6.07 Å². The molecule has 140 valence electrons. The number of pyridine rings is 1. The molecular formula is C17H12F4N4OS. The predicted octanol–water partition coefficient (Wildman–Crippen LogP) is 5.00. The zero-order valence-corrected chi connectivity index (χ0v) is 14.6. The van der Waals surface area contributed by atoms with Gasteiger partial charge in [-0.2, -0.15) is 13.2 Å². The van der Waals surface area contributed by atoms with Gasteiger partial charge in [-0.3, -0.25) is 4.79 Å². The fourth-order valence-corrected chi connectivity index (χ4v) is 2.87. The van der Waals surface area contributed by atoms with Gasteiger partial charge in [0.15, 0.2) is 5.13 Å². The summed E-state index contributed by atoms with van der Waals surface area (Å²) in [5, 5.41) is 7.06. The van der Waals surface area contributed by atoms with E-state index in [9.17, 15) is 22.4 Å². The van der Waals surface area contributed by atoms with Crippen molar-refractivity contribution in [2.75, 3.05) is 10.6 Å². The molecule has 2 N–H and O–H groups in total. The van der Waals surface area contributed by atoms with Crippen molar-refractivity contribution in [3.8, 4) is 0 Å². The van der Waals surface area contributed by atoms with Gasteiger partial charge in [0, 0.05) is 16.8 Å². The molecule has 0 atom stereocenters. The van der Waals surface area contributed by atoms with Crippen molar-refractivity contribution < 1.29 is 22.4 Å². The minimum Gasteiger partial charge on any atom is -0.321 e. The number of alkyl halides is 3. The van der Waals surface area contributed by atoms with Crippen LogP contribution >= 0.6 is 11.3 Å². The first kappa shape index (κ1) is 18.8. The Kier molecular flexibility index (Phi) is 5.08. The lowest BCUT2D eigenvalue weighted by Crippen LogP contribution is -2.14. The van der Waals surface area contributed by atoms with Crippen molar-refractivity contribution in [1.82, 2.24) is 9.97 Å². The smallest absolute Gasteiger partial charge is 0.321 e. The van der Waals surface area contributed by atoms with E-state index >= 15 is 0 Å². The molecule has 0 aliphatic heterocycles. The van der Waals surface area contributed by atoms with Crippen LogP contribution in [0.1, 0.15) is 21.7 Å². The van der Waals surface area contributed by atoms with Crippen molar-refractivity contribution >= 4 is 33.9 Å². The Labute approximate surface area is 155 Å². The van der Waals surface area contributed by atoms with Crippen LogP contribution in [0.3, 0.4) is 0 Å². The summed E-state index contributed by atoms with van der Waals surface area (Å²) in [6.07, 6.45) is -4.86. The zero-order valence-electron chi connectivity index (χ0n) is 13.8. The van der Waals surface area contributed by atoms with Crippen LogP contribution in [0, 0.1) is 12.7 Å². The van der Waals surface area contributed by atoms with Crippen molar-refractivity contribution in [3.63, 3.8) is 0 Å². The highest BCUT2D eigenvalue weighted by Crippen LogP contribution is 2.33. The van der Waals surface area contributed by atoms with Crippen LogP contribution in [0.15, 0.2) is 41.8 Å². The topological polar surface area (TPSA) is 66.9 Å². The van der Waals surface area contributed by atoms with Crippen LogP contribution in [0.4, 0.5) is 34.2 Å². The number of nitrogens with zero attached hydrogens (tertiary/aromatic N) is 2. The van der Waals surface area contributed by atoms with E-state index in [0.717, 1.165) is 23.1 Å². The molecular weight excluding hydrogens is 384 g/mol. The molecule has 1 aromatic carbocycles. The molecule has 3 rings (SSSR count). The molecule has 0 spiro atoms. The number of nitrogens with one attached hydrogen (secondary N) is 2. The van der Waals surface area contributed by atoms with Crippen LogP contribution in [0.2, 0.25) is 0 Å². The highest BCUT2D eigenvalue weighted by Gasteiger charge is 2.34. The summed E-state index contributed by atoms with van der Waals surface area (Å²) in [6.45, 7) is 1.82. The molecule has 3 aromatic rings. The Morgan fingerprint density at radius 3 is 2.63 bits per heavy atom. The maximum absolute atomic E-state index is 13.3. The summed E-state index contributed by atoms with van der Waals surface area (Å²) >= 11 is 1.14. The number of aryl methyl sites for hydroxylation is 1. The second-order valence-electron chi connectivity index (χ2n) is 5.47. The lowest BCUT2D eigenvalue weighted by molar-refractivity contribution is -0.139. The van der Waals surface area contributed by atoms with Gasteiger partial charge in [0.05, 0.1) is 5.56 Å². The molecule has 0 unspecified atom stereocenters. The number of carbonyl (C=O) groups is 1. The molecule has 0 fully saturated rings. The number of rotatable bonds is 4. The third-order valence-electron chi connectivity index (χ3n) is 3.39. The molecule has 2 heterocycles.